The summed E-state index contributed by atoms with van der Waals surface area (Å²) in [5.74, 6) is 0.481. The molecule has 0 saturated carbocycles. The van der Waals surface area contributed by atoms with Gasteiger partial charge in [-0.05, 0) is 30.7 Å². The van der Waals surface area contributed by atoms with E-state index in [-0.39, 0.29) is 5.57 Å². The van der Waals surface area contributed by atoms with Gasteiger partial charge in [0.15, 0.2) is 0 Å². The van der Waals surface area contributed by atoms with Gasteiger partial charge in [0.25, 0.3) is 0 Å². The summed E-state index contributed by atoms with van der Waals surface area (Å²) >= 11 is 3.38. The van der Waals surface area contributed by atoms with E-state index in [1.807, 2.05) is 37.3 Å². The number of carbonyl (C=O) groups excluding carboxylic acids is 1. The van der Waals surface area contributed by atoms with Crippen LogP contribution in [0.15, 0.2) is 50.9 Å². The molecule has 0 aliphatic heterocycles. The molecule has 0 atom stereocenters. The number of furan rings is 1. The fraction of sp³-hybridized carbons (Fsp3) is 0.222. The maximum absolute atomic E-state index is 11.8. The van der Waals surface area contributed by atoms with Crippen LogP contribution >= 0.6 is 15.9 Å². The van der Waals surface area contributed by atoms with Gasteiger partial charge in [-0.1, -0.05) is 41.4 Å². The van der Waals surface area contributed by atoms with Crippen molar-refractivity contribution in [2.24, 2.45) is 0 Å². The number of esters is 1. The van der Waals surface area contributed by atoms with Gasteiger partial charge in [-0.2, -0.15) is 5.26 Å². The van der Waals surface area contributed by atoms with Crippen molar-refractivity contribution >= 4 is 28.0 Å². The average Bonchev–Trinajstić information content (AvgIpc) is 3.02. The van der Waals surface area contributed by atoms with Crippen LogP contribution in [0.4, 0.5) is 0 Å². The Morgan fingerprint density at radius 1 is 1.30 bits per heavy atom. The highest BCUT2D eigenvalue weighted by Gasteiger charge is 2.12. The van der Waals surface area contributed by atoms with Crippen molar-refractivity contribution in [3.8, 4) is 17.4 Å². The molecule has 23 heavy (non-hydrogen) atoms. The molecule has 4 nitrogen and oxygen atoms in total. The third-order valence-corrected chi connectivity index (χ3v) is 3.64. The molecule has 0 amide bonds. The largest absolute Gasteiger partial charge is 0.462 e. The maximum Gasteiger partial charge on any atom is 0.349 e. The van der Waals surface area contributed by atoms with E-state index in [4.69, 9.17) is 14.4 Å². The topological polar surface area (TPSA) is 63.2 Å². The molecule has 0 saturated heterocycles. The Balaban J connectivity index is 2.13. The number of hydrogen-bond acceptors (Lipinski definition) is 4. The first-order chi connectivity index (χ1) is 11.1. The Labute approximate surface area is 143 Å². The molecule has 1 aromatic carbocycles. The van der Waals surface area contributed by atoms with Crippen LogP contribution in [0.25, 0.3) is 17.4 Å². The van der Waals surface area contributed by atoms with Crippen molar-refractivity contribution in [2.45, 2.75) is 19.8 Å². The molecule has 0 bridgehead atoms. The third-order valence-electron chi connectivity index (χ3n) is 3.11. The van der Waals surface area contributed by atoms with Gasteiger partial charge < -0.3 is 9.15 Å². The van der Waals surface area contributed by atoms with E-state index in [1.54, 1.807) is 12.1 Å². The van der Waals surface area contributed by atoms with Crippen molar-refractivity contribution in [1.29, 1.82) is 5.26 Å². The summed E-state index contributed by atoms with van der Waals surface area (Å²) in [7, 11) is 0. The smallest absolute Gasteiger partial charge is 0.349 e. The molecule has 0 radical (unpaired) electrons. The van der Waals surface area contributed by atoms with Gasteiger partial charge in [-0.3, -0.25) is 0 Å². The van der Waals surface area contributed by atoms with E-state index in [2.05, 4.69) is 15.9 Å². The van der Waals surface area contributed by atoms with Crippen LogP contribution in [0.5, 0.6) is 0 Å². The van der Waals surface area contributed by atoms with E-state index >= 15 is 0 Å². The highest BCUT2D eigenvalue weighted by Crippen LogP contribution is 2.25. The summed E-state index contributed by atoms with van der Waals surface area (Å²) in [6, 6.07) is 13.0. The number of hydrogen-bond donors (Lipinski definition) is 0. The lowest BCUT2D eigenvalue weighted by atomic mass is 10.2. The second-order valence-corrected chi connectivity index (χ2v) is 5.78. The molecule has 0 aliphatic rings. The molecule has 0 spiro atoms. The van der Waals surface area contributed by atoms with Crippen molar-refractivity contribution in [2.75, 3.05) is 6.61 Å². The highest BCUT2D eigenvalue weighted by molar-refractivity contribution is 9.10. The van der Waals surface area contributed by atoms with Crippen LogP contribution < -0.4 is 0 Å². The zero-order chi connectivity index (χ0) is 16.7. The first-order valence-corrected chi connectivity index (χ1v) is 8.08. The van der Waals surface area contributed by atoms with Crippen molar-refractivity contribution in [3.05, 3.63) is 52.2 Å². The average molecular weight is 374 g/mol. The zero-order valence-corrected chi connectivity index (χ0v) is 14.3. The first-order valence-electron chi connectivity index (χ1n) is 7.28. The number of benzene rings is 1. The normalized spacial score (nSPS) is 11.1. The number of ether oxygens (including phenoxy) is 1. The molecular formula is C18H16BrNO3. The summed E-state index contributed by atoms with van der Waals surface area (Å²) < 4.78 is 11.7. The fourth-order valence-corrected chi connectivity index (χ4v) is 2.13. The second-order valence-electron chi connectivity index (χ2n) is 4.87. The van der Waals surface area contributed by atoms with E-state index in [1.165, 1.54) is 6.08 Å². The monoisotopic (exact) mass is 373 g/mol. The quantitative estimate of drug-likeness (QED) is 0.310. The summed E-state index contributed by atoms with van der Waals surface area (Å²) in [4.78, 5) is 11.8. The van der Waals surface area contributed by atoms with Gasteiger partial charge in [-0.25, -0.2) is 4.79 Å². The van der Waals surface area contributed by atoms with Gasteiger partial charge >= 0.3 is 5.97 Å². The van der Waals surface area contributed by atoms with Crippen LogP contribution in [0.2, 0.25) is 0 Å². The summed E-state index contributed by atoms with van der Waals surface area (Å²) in [6.07, 6.45) is 3.10. The summed E-state index contributed by atoms with van der Waals surface area (Å²) in [5.41, 5.74) is 0.842. The fourth-order valence-electron chi connectivity index (χ4n) is 1.87. The number of rotatable bonds is 6. The Morgan fingerprint density at radius 2 is 2.04 bits per heavy atom. The molecule has 0 fully saturated rings. The van der Waals surface area contributed by atoms with E-state index < -0.39 is 5.97 Å². The summed E-state index contributed by atoms with van der Waals surface area (Å²) in [6.45, 7) is 2.32. The minimum Gasteiger partial charge on any atom is -0.462 e. The lowest BCUT2D eigenvalue weighted by Gasteiger charge is -2.01. The van der Waals surface area contributed by atoms with Gasteiger partial charge in [0.05, 0.1) is 6.61 Å². The van der Waals surface area contributed by atoms with Gasteiger partial charge in [0.2, 0.25) is 0 Å². The number of nitrogens with zero attached hydrogens (tertiary/aromatic N) is 1. The Morgan fingerprint density at radius 3 is 2.70 bits per heavy atom. The molecule has 2 aromatic rings. The zero-order valence-electron chi connectivity index (χ0n) is 12.7. The van der Waals surface area contributed by atoms with Gasteiger partial charge in [0, 0.05) is 16.1 Å². The molecule has 1 heterocycles. The maximum atomic E-state index is 11.8. The Bertz CT molecular complexity index is 738. The standard InChI is InChI=1S/C18H16BrNO3/c1-2-3-10-22-18(21)14(12-20)11-16-8-9-17(23-16)13-4-6-15(19)7-5-13/h4-9,11H,2-3,10H2,1H3/b14-11+. The predicted molar refractivity (Wildman–Crippen MR) is 91.3 cm³/mol. The Hall–Kier alpha value is -2.32. The molecule has 1 aromatic heterocycles. The number of nitriles is 1. The van der Waals surface area contributed by atoms with Gasteiger partial charge in [0.1, 0.15) is 23.2 Å². The number of halogens is 1. The second kappa shape index (κ2) is 8.35. The van der Waals surface area contributed by atoms with Crippen LogP contribution in [0.3, 0.4) is 0 Å². The number of unbranched alkanes of at least 4 members (excludes halogenated alkanes) is 1. The highest BCUT2D eigenvalue weighted by atomic mass is 79.9. The molecule has 5 heteroatoms. The summed E-state index contributed by atoms with van der Waals surface area (Å²) in [5, 5.41) is 9.10. The molecule has 118 valence electrons. The van der Waals surface area contributed by atoms with Crippen molar-refractivity contribution < 1.29 is 13.9 Å². The van der Waals surface area contributed by atoms with E-state index in [0.29, 0.717) is 18.1 Å². The lowest BCUT2D eigenvalue weighted by Crippen LogP contribution is -2.07. The molecule has 0 unspecified atom stereocenters. The predicted octanol–water partition coefficient (Wildman–Crippen LogP) is 4.96. The lowest BCUT2D eigenvalue weighted by molar-refractivity contribution is -0.138. The third kappa shape index (κ3) is 4.83. The van der Waals surface area contributed by atoms with Crippen LogP contribution in [0.1, 0.15) is 25.5 Å². The van der Waals surface area contributed by atoms with Crippen LogP contribution in [-0.4, -0.2) is 12.6 Å². The Kier molecular flexibility index (Phi) is 6.19. The minimum absolute atomic E-state index is 0.0715. The number of carbonyl (C=O) groups is 1. The van der Waals surface area contributed by atoms with Crippen molar-refractivity contribution in [1.82, 2.24) is 0 Å². The molecule has 0 N–H and O–H groups in total. The first kappa shape index (κ1) is 17.0. The van der Waals surface area contributed by atoms with E-state index in [9.17, 15) is 4.79 Å². The van der Waals surface area contributed by atoms with Gasteiger partial charge in [-0.15, -0.1) is 0 Å². The van der Waals surface area contributed by atoms with Crippen LogP contribution in [0, 0.1) is 11.3 Å². The van der Waals surface area contributed by atoms with E-state index in [0.717, 1.165) is 22.9 Å². The van der Waals surface area contributed by atoms with Crippen molar-refractivity contribution in [3.63, 3.8) is 0 Å². The van der Waals surface area contributed by atoms with Crippen LogP contribution in [-0.2, 0) is 9.53 Å². The SMILES string of the molecule is CCCCOC(=O)/C(C#N)=C/c1ccc(-c2ccc(Br)cc2)o1. The minimum atomic E-state index is -0.623. The molecular weight excluding hydrogens is 358 g/mol. The molecule has 0 aliphatic carbocycles. The molecule has 2 rings (SSSR count).